The molecule has 0 heterocycles. The number of para-hydroxylation sites is 4. The summed E-state index contributed by atoms with van der Waals surface area (Å²) in [6.45, 7) is 14.6. The fraction of sp³-hybridized carbons (Fsp3) is 0.156. The Morgan fingerprint density at radius 3 is 0.957 bits per heavy atom. The van der Waals surface area contributed by atoms with Gasteiger partial charge in [-0.15, -0.1) is 0 Å². The van der Waals surface area contributed by atoms with Crippen molar-refractivity contribution in [1.82, 2.24) is 0 Å². The van der Waals surface area contributed by atoms with Crippen molar-refractivity contribution in [2.75, 3.05) is 9.80 Å². The van der Waals surface area contributed by atoms with Gasteiger partial charge in [0, 0.05) is 44.3 Å². The van der Waals surface area contributed by atoms with Crippen molar-refractivity contribution >= 4 is 55.7 Å². The standard InChI is InChI=1S/C41H34N2.2C2H6/c1-29-24-25-36-37(26-29)41(43(34-20-12-6-13-21-34)35-22-14-7-15-23-35)39-28-31(3)30(2)27-38(39)40(36)42(32-16-8-4-9-17-32)33-18-10-5-11-19-33;2*1-2/h4-28H,1-3H3;2*1-2H3. The SMILES string of the molecule is CC.CC.Cc1ccc2c(N(c3ccccc3)c3ccccc3)c3cc(C)c(C)cc3c(N(c3ccccc3)c3ccccc3)c2c1. The minimum atomic E-state index is 1.13. The molecule has 2 heteroatoms. The van der Waals surface area contributed by atoms with E-state index in [2.05, 4.69) is 182 Å². The molecule has 0 amide bonds. The summed E-state index contributed by atoms with van der Waals surface area (Å²) < 4.78 is 0. The smallest absolute Gasteiger partial charge is 0.0620 e. The highest BCUT2D eigenvalue weighted by Crippen LogP contribution is 2.51. The maximum absolute atomic E-state index is 2.43. The molecule has 236 valence electrons. The lowest BCUT2D eigenvalue weighted by Gasteiger charge is -2.33. The molecule has 0 radical (unpaired) electrons. The van der Waals surface area contributed by atoms with Gasteiger partial charge in [0.1, 0.15) is 0 Å². The molecule has 0 saturated heterocycles. The van der Waals surface area contributed by atoms with Gasteiger partial charge in [0.05, 0.1) is 11.4 Å². The van der Waals surface area contributed by atoms with E-state index in [9.17, 15) is 0 Å². The van der Waals surface area contributed by atoms with Gasteiger partial charge >= 0.3 is 0 Å². The van der Waals surface area contributed by atoms with E-state index in [-0.39, 0.29) is 0 Å². The van der Waals surface area contributed by atoms with Crippen molar-refractivity contribution in [3.05, 3.63) is 168 Å². The van der Waals surface area contributed by atoms with Gasteiger partial charge in [-0.1, -0.05) is 118 Å². The number of rotatable bonds is 6. The van der Waals surface area contributed by atoms with Crippen LogP contribution in [0.3, 0.4) is 0 Å². The van der Waals surface area contributed by atoms with E-state index in [0.717, 1.165) is 22.7 Å². The number of hydrogen-bond donors (Lipinski definition) is 0. The number of hydrogen-bond acceptors (Lipinski definition) is 2. The van der Waals surface area contributed by atoms with Crippen LogP contribution in [0.1, 0.15) is 44.4 Å². The third kappa shape index (κ3) is 6.64. The van der Waals surface area contributed by atoms with Gasteiger partial charge in [-0.3, -0.25) is 0 Å². The zero-order valence-electron chi connectivity index (χ0n) is 28.8. The first kappa shape index (κ1) is 33.0. The Hall–Kier alpha value is -5.34. The van der Waals surface area contributed by atoms with Crippen LogP contribution in [0.4, 0.5) is 34.1 Å². The first-order chi connectivity index (χ1) is 23.1. The van der Waals surface area contributed by atoms with Gasteiger partial charge in [-0.25, -0.2) is 0 Å². The van der Waals surface area contributed by atoms with E-state index in [4.69, 9.17) is 0 Å². The largest absolute Gasteiger partial charge is 0.309 e. The average molecular weight is 615 g/mol. The summed E-state index contributed by atoms with van der Waals surface area (Å²) in [4.78, 5) is 4.85. The topological polar surface area (TPSA) is 6.48 Å². The molecule has 0 bridgehead atoms. The monoisotopic (exact) mass is 614 g/mol. The number of benzene rings is 7. The summed E-state index contributed by atoms with van der Waals surface area (Å²) in [5.74, 6) is 0. The first-order valence-corrected chi connectivity index (χ1v) is 16.9. The minimum absolute atomic E-state index is 1.13. The molecular weight excluding hydrogens is 569 g/mol. The molecular formula is C45H46N2. The number of aryl methyl sites for hydroxylation is 3. The summed E-state index contributed by atoms with van der Waals surface area (Å²) in [6, 6.07) is 54.6. The Balaban J connectivity index is 0.00000105. The van der Waals surface area contributed by atoms with Crippen molar-refractivity contribution in [3.63, 3.8) is 0 Å². The third-order valence-corrected chi connectivity index (χ3v) is 8.33. The summed E-state index contributed by atoms with van der Waals surface area (Å²) in [6.07, 6.45) is 0. The normalized spacial score (nSPS) is 10.4. The second-order valence-corrected chi connectivity index (χ2v) is 11.2. The Labute approximate surface area is 281 Å². The molecule has 0 aliphatic heterocycles. The van der Waals surface area contributed by atoms with E-state index in [1.54, 1.807) is 0 Å². The lowest BCUT2D eigenvalue weighted by Crippen LogP contribution is -2.14. The maximum atomic E-state index is 2.43. The molecule has 0 atom stereocenters. The van der Waals surface area contributed by atoms with E-state index in [0.29, 0.717) is 0 Å². The van der Waals surface area contributed by atoms with E-state index in [1.807, 2.05) is 27.7 Å². The molecule has 0 aliphatic carbocycles. The highest BCUT2D eigenvalue weighted by atomic mass is 15.2. The molecule has 7 aromatic rings. The van der Waals surface area contributed by atoms with Gasteiger partial charge in [0.2, 0.25) is 0 Å². The maximum Gasteiger partial charge on any atom is 0.0620 e. The van der Waals surface area contributed by atoms with Crippen molar-refractivity contribution < 1.29 is 0 Å². The number of anilines is 6. The zero-order valence-corrected chi connectivity index (χ0v) is 28.8. The average Bonchev–Trinajstić information content (AvgIpc) is 3.14. The quantitative estimate of drug-likeness (QED) is 0.136. The van der Waals surface area contributed by atoms with E-state index in [1.165, 1.54) is 49.6 Å². The second-order valence-electron chi connectivity index (χ2n) is 11.2. The van der Waals surface area contributed by atoms with E-state index < -0.39 is 0 Å². The van der Waals surface area contributed by atoms with E-state index >= 15 is 0 Å². The predicted octanol–water partition coefficient (Wildman–Crippen LogP) is 13.9. The van der Waals surface area contributed by atoms with Crippen molar-refractivity contribution in [2.24, 2.45) is 0 Å². The fourth-order valence-corrected chi connectivity index (χ4v) is 6.16. The zero-order chi connectivity index (χ0) is 33.3. The molecule has 0 N–H and O–H groups in total. The summed E-state index contributed by atoms with van der Waals surface area (Å²) in [7, 11) is 0. The summed E-state index contributed by atoms with van der Waals surface area (Å²) >= 11 is 0. The Bertz CT molecular complexity index is 1950. The van der Waals surface area contributed by atoms with Crippen molar-refractivity contribution in [2.45, 2.75) is 48.5 Å². The molecule has 0 saturated carbocycles. The van der Waals surface area contributed by atoms with Gasteiger partial charge in [0.25, 0.3) is 0 Å². The molecule has 0 unspecified atom stereocenters. The summed E-state index contributed by atoms with van der Waals surface area (Å²) in [5, 5.41) is 4.87. The molecule has 47 heavy (non-hydrogen) atoms. The molecule has 7 rings (SSSR count). The molecule has 0 fully saturated rings. The number of fused-ring (bicyclic) bond motifs is 2. The fourth-order valence-electron chi connectivity index (χ4n) is 6.16. The van der Waals surface area contributed by atoms with Gasteiger partial charge in [0.15, 0.2) is 0 Å². The van der Waals surface area contributed by atoms with Crippen LogP contribution in [0.25, 0.3) is 21.5 Å². The van der Waals surface area contributed by atoms with Gasteiger partial charge in [-0.2, -0.15) is 0 Å². The number of nitrogens with zero attached hydrogens (tertiary/aromatic N) is 2. The highest BCUT2D eigenvalue weighted by Gasteiger charge is 2.25. The van der Waals surface area contributed by atoms with Gasteiger partial charge < -0.3 is 9.80 Å². The lowest BCUT2D eigenvalue weighted by molar-refractivity contribution is 1.28. The van der Waals surface area contributed by atoms with Crippen LogP contribution in [0.2, 0.25) is 0 Å². The first-order valence-electron chi connectivity index (χ1n) is 16.9. The van der Waals surface area contributed by atoms with Crippen LogP contribution in [0.15, 0.2) is 152 Å². The highest BCUT2D eigenvalue weighted by molar-refractivity contribution is 6.23. The molecule has 2 nitrogen and oxygen atoms in total. The second kappa shape index (κ2) is 15.3. The molecule has 7 aromatic carbocycles. The van der Waals surface area contributed by atoms with Crippen molar-refractivity contribution in [1.29, 1.82) is 0 Å². The lowest BCUT2D eigenvalue weighted by atomic mass is 9.92. The molecule has 0 aliphatic rings. The molecule has 0 spiro atoms. The van der Waals surface area contributed by atoms with Crippen molar-refractivity contribution in [3.8, 4) is 0 Å². The van der Waals surface area contributed by atoms with Crippen LogP contribution < -0.4 is 9.80 Å². The van der Waals surface area contributed by atoms with Gasteiger partial charge in [-0.05, 0) is 98.6 Å². The minimum Gasteiger partial charge on any atom is -0.309 e. The third-order valence-electron chi connectivity index (χ3n) is 8.33. The summed E-state index contributed by atoms with van der Waals surface area (Å²) in [5.41, 5.74) is 10.7. The van der Waals surface area contributed by atoms with Crippen LogP contribution in [0, 0.1) is 20.8 Å². The Morgan fingerprint density at radius 2 is 0.617 bits per heavy atom. The predicted molar refractivity (Wildman–Crippen MR) is 208 cm³/mol. The van der Waals surface area contributed by atoms with Crippen LogP contribution in [-0.2, 0) is 0 Å². The van der Waals surface area contributed by atoms with Crippen LogP contribution in [0.5, 0.6) is 0 Å². The Morgan fingerprint density at radius 1 is 0.319 bits per heavy atom. The van der Waals surface area contributed by atoms with Crippen LogP contribution in [-0.4, -0.2) is 0 Å². The Kier molecular flexibility index (Phi) is 10.8. The van der Waals surface area contributed by atoms with Crippen LogP contribution >= 0.6 is 0 Å². The molecule has 0 aromatic heterocycles.